The molecule has 0 saturated carbocycles. The molecule has 0 aromatic carbocycles. The molecule has 0 bridgehead atoms. The van der Waals surface area contributed by atoms with Crippen molar-refractivity contribution in [1.29, 1.82) is 0 Å². The highest BCUT2D eigenvalue weighted by molar-refractivity contribution is 5.80. The number of halogens is 3. The first kappa shape index (κ1) is 16.9. The van der Waals surface area contributed by atoms with Gasteiger partial charge in [0.2, 0.25) is 5.91 Å². The minimum absolute atomic E-state index is 0.380. The fourth-order valence-corrected chi connectivity index (χ4v) is 0.940. The first-order valence-corrected chi connectivity index (χ1v) is 5.09. The average molecular weight is 278 g/mol. The van der Waals surface area contributed by atoms with Gasteiger partial charge in [-0.2, -0.15) is 13.2 Å². The summed E-state index contributed by atoms with van der Waals surface area (Å²) in [6.45, 7) is 9.02. The lowest BCUT2D eigenvalue weighted by Crippen LogP contribution is -2.27. The highest BCUT2D eigenvalue weighted by Gasteiger charge is 2.40. The number of carbonyl (C=O) groups is 1. The van der Waals surface area contributed by atoms with Crippen molar-refractivity contribution < 1.29 is 22.9 Å². The van der Waals surface area contributed by atoms with Crippen LogP contribution >= 0.6 is 0 Å². The SMILES string of the molecule is C=C(/C=C(\C(=C)[N+](=O)[O-])C(F)(F)F)NC(=O)C(C)C. The fraction of sp³-hybridized carbons (Fsp3) is 0.364. The van der Waals surface area contributed by atoms with E-state index in [4.69, 9.17) is 0 Å². The number of nitro groups is 1. The normalized spacial score (nSPS) is 12.2. The minimum atomic E-state index is -4.96. The van der Waals surface area contributed by atoms with Gasteiger partial charge >= 0.3 is 6.18 Å². The standard InChI is InChI=1S/C11H13F3N2O3/c1-6(2)10(17)15-7(3)5-9(11(12,13)14)8(4)16(18)19/h5-6H,3-4H2,1-2H3,(H,15,17)/b9-5+. The Morgan fingerprint density at radius 1 is 1.37 bits per heavy atom. The van der Waals surface area contributed by atoms with Crippen LogP contribution in [0.4, 0.5) is 13.2 Å². The van der Waals surface area contributed by atoms with E-state index in [0.29, 0.717) is 6.08 Å². The first-order chi connectivity index (χ1) is 8.46. The highest BCUT2D eigenvalue weighted by atomic mass is 19.4. The molecule has 0 aliphatic rings. The summed E-state index contributed by atoms with van der Waals surface area (Å²) >= 11 is 0. The van der Waals surface area contributed by atoms with Crippen molar-refractivity contribution in [2.75, 3.05) is 0 Å². The molecular weight excluding hydrogens is 265 g/mol. The average Bonchev–Trinajstić information content (AvgIpc) is 2.22. The molecule has 0 aliphatic carbocycles. The summed E-state index contributed by atoms with van der Waals surface area (Å²) < 4.78 is 37.8. The zero-order valence-corrected chi connectivity index (χ0v) is 10.4. The van der Waals surface area contributed by atoms with E-state index in [-0.39, 0.29) is 0 Å². The summed E-state index contributed by atoms with van der Waals surface area (Å²) in [7, 11) is 0. The molecule has 0 unspecified atom stereocenters. The summed E-state index contributed by atoms with van der Waals surface area (Å²) in [4.78, 5) is 20.3. The summed E-state index contributed by atoms with van der Waals surface area (Å²) in [6, 6.07) is 0. The van der Waals surface area contributed by atoms with Crippen LogP contribution in [0.5, 0.6) is 0 Å². The fourth-order valence-electron chi connectivity index (χ4n) is 0.940. The van der Waals surface area contributed by atoms with E-state index in [9.17, 15) is 28.1 Å². The Labute approximate surface area is 107 Å². The Hall–Kier alpha value is -2.12. The van der Waals surface area contributed by atoms with Crippen LogP contribution in [-0.4, -0.2) is 17.0 Å². The first-order valence-electron chi connectivity index (χ1n) is 5.09. The number of carbonyl (C=O) groups excluding carboxylic acids is 1. The molecular formula is C11H13F3N2O3. The van der Waals surface area contributed by atoms with Crippen LogP contribution in [0.1, 0.15) is 13.8 Å². The predicted molar refractivity (Wildman–Crippen MR) is 62.4 cm³/mol. The maximum absolute atomic E-state index is 12.6. The molecule has 1 N–H and O–H groups in total. The Morgan fingerprint density at radius 2 is 1.84 bits per heavy atom. The van der Waals surface area contributed by atoms with Gasteiger partial charge in [-0.3, -0.25) is 14.9 Å². The summed E-state index contributed by atoms with van der Waals surface area (Å²) in [6.07, 6.45) is -4.58. The molecule has 0 rings (SSSR count). The van der Waals surface area contributed by atoms with Crippen molar-refractivity contribution in [3.05, 3.63) is 46.3 Å². The number of allylic oxidation sites excluding steroid dienone is 2. The molecule has 0 radical (unpaired) electrons. The largest absolute Gasteiger partial charge is 0.423 e. The Kier molecular flexibility index (Phi) is 5.48. The van der Waals surface area contributed by atoms with E-state index in [2.05, 4.69) is 18.5 Å². The monoisotopic (exact) mass is 278 g/mol. The molecule has 5 nitrogen and oxygen atoms in total. The van der Waals surface area contributed by atoms with Crippen LogP contribution in [0.15, 0.2) is 36.2 Å². The zero-order valence-electron chi connectivity index (χ0n) is 10.4. The molecule has 19 heavy (non-hydrogen) atoms. The maximum Gasteiger partial charge on any atom is 0.423 e. The molecule has 0 fully saturated rings. The van der Waals surface area contributed by atoms with E-state index in [1.807, 2.05) is 0 Å². The lowest BCUT2D eigenvalue weighted by molar-refractivity contribution is -0.423. The second-order valence-electron chi connectivity index (χ2n) is 3.93. The Morgan fingerprint density at radius 3 is 2.16 bits per heavy atom. The van der Waals surface area contributed by atoms with Crippen molar-refractivity contribution >= 4 is 5.91 Å². The van der Waals surface area contributed by atoms with Gasteiger partial charge < -0.3 is 5.32 Å². The second-order valence-corrected chi connectivity index (χ2v) is 3.93. The van der Waals surface area contributed by atoms with Crippen molar-refractivity contribution in [3.63, 3.8) is 0 Å². The van der Waals surface area contributed by atoms with Crippen molar-refractivity contribution in [1.82, 2.24) is 5.32 Å². The number of rotatable bonds is 5. The highest BCUT2D eigenvalue weighted by Crippen LogP contribution is 2.31. The molecule has 1 amide bonds. The molecule has 0 spiro atoms. The topological polar surface area (TPSA) is 72.2 Å². The maximum atomic E-state index is 12.6. The van der Waals surface area contributed by atoms with Crippen LogP contribution < -0.4 is 5.32 Å². The number of hydrogen-bond donors (Lipinski definition) is 1. The quantitative estimate of drug-likeness (QED) is 0.477. The van der Waals surface area contributed by atoms with Gasteiger partial charge in [0.1, 0.15) is 5.57 Å². The third-order valence-corrected chi connectivity index (χ3v) is 1.96. The van der Waals surface area contributed by atoms with E-state index < -0.39 is 39.9 Å². The van der Waals surface area contributed by atoms with Gasteiger partial charge in [0.15, 0.2) is 0 Å². The number of alkyl halides is 3. The smallest absolute Gasteiger partial charge is 0.326 e. The van der Waals surface area contributed by atoms with E-state index in [1.54, 1.807) is 0 Å². The van der Waals surface area contributed by atoms with Gasteiger partial charge in [0, 0.05) is 11.6 Å². The van der Waals surface area contributed by atoms with Gasteiger partial charge in [-0.15, -0.1) is 0 Å². The molecule has 0 aliphatic heterocycles. The molecule has 0 saturated heterocycles. The molecule has 0 heterocycles. The van der Waals surface area contributed by atoms with Crippen molar-refractivity contribution in [2.24, 2.45) is 5.92 Å². The van der Waals surface area contributed by atoms with Crippen LogP contribution in [0.3, 0.4) is 0 Å². The Balaban J connectivity index is 5.24. The number of hydrogen-bond acceptors (Lipinski definition) is 3. The number of amides is 1. The van der Waals surface area contributed by atoms with Crippen molar-refractivity contribution in [3.8, 4) is 0 Å². The lowest BCUT2D eigenvalue weighted by Gasteiger charge is -2.11. The van der Waals surface area contributed by atoms with Gasteiger partial charge in [-0.25, -0.2) is 0 Å². The van der Waals surface area contributed by atoms with Gasteiger partial charge in [0.05, 0.1) is 4.92 Å². The molecule has 8 heteroatoms. The molecule has 0 atom stereocenters. The predicted octanol–water partition coefficient (Wildman–Crippen LogP) is 2.55. The lowest BCUT2D eigenvalue weighted by atomic mass is 10.1. The van der Waals surface area contributed by atoms with Gasteiger partial charge in [-0.1, -0.05) is 20.4 Å². The Bertz CT molecular complexity index is 451. The summed E-state index contributed by atoms with van der Waals surface area (Å²) in [5.41, 5.74) is -3.27. The minimum Gasteiger partial charge on any atom is -0.326 e. The van der Waals surface area contributed by atoms with E-state index in [1.165, 1.54) is 13.8 Å². The zero-order chi connectivity index (χ0) is 15.4. The third-order valence-electron chi connectivity index (χ3n) is 1.96. The third kappa shape index (κ3) is 5.36. The van der Waals surface area contributed by atoms with Crippen LogP contribution in [0, 0.1) is 16.0 Å². The number of nitrogens with one attached hydrogen (secondary N) is 1. The molecule has 0 aromatic heterocycles. The van der Waals surface area contributed by atoms with E-state index in [0.717, 1.165) is 0 Å². The van der Waals surface area contributed by atoms with Gasteiger partial charge in [-0.05, 0) is 12.7 Å². The van der Waals surface area contributed by atoms with Crippen LogP contribution in [0.25, 0.3) is 0 Å². The van der Waals surface area contributed by atoms with Crippen molar-refractivity contribution in [2.45, 2.75) is 20.0 Å². The summed E-state index contributed by atoms with van der Waals surface area (Å²) in [5, 5.41) is 12.4. The molecule has 106 valence electrons. The van der Waals surface area contributed by atoms with Gasteiger partial charge in [0.25, 0.3) is 5.70 Å². The van der Waals surface area contributed by atoms with Crippen LogP contribution in [-0.2, 0) is 4.79 Å². The van der Waals surface area contributed by atoms with E-state index >= 15 is 0 Å². The number of nitrogens with zero attached hydrogens (tertiary/aromatic N) is 1. The second kappa shape index (κ2) is 6.17. The van der Waals surface area contributed by atoms with Crippen LogP contribution in [0.2, 0.25) is 0 Å². The summed E-state index contributed by atoms with van der Waals surface area (Å²) in [5.74, 6) is -1.01. The molecule has 0 aromatic rings.